The average Bonchev–Trinajstić information content (AvgIpc) is 3.10. The maximum absolute atomic E-state index is 11.5. The summed E-state index contributed by atoms with van der Waals surface area (Å²) in [6, 6.07) is 8.02. The van der Waals surface area contributed by atoms with Gasteiger partial charge in [0.25, 0.3) is 0 Å². The van der Waals surface area contributed by atoms with Gasteiger partial charge in [0.15, 0.2) is 0 Å². The van der Waals surface area contributed by atoms with Crippen molar-refractivity contribution in [2.75, 3.05) is 18.6 Å². The van der Waals surface area contributed by atoms with Gasteiger partial charge in [-0.25, -0.2) is 4.98 Å². The van der Waals surface area contributed by atoms with Crippen LogP contribution in [0.1, 0.15) is 49.9 Å². The van der Waals surface area contributed by atoms with E-state index in [1.807, 2.05) is 29.6 Å². The van der Waals surface area contributed by atoms with Crippen molar-refractivity contribution in [3.05, 3.63) is 46.5 Å². The van der Waals surface area contributed by atoms with Crippen LogP contribution >= 0.6 is 11.3 Å². The number of nitrogens with one attached hydrogen (secondary N) is 1. The van der Waals surface area contributed by atoms with Crippen molar-refractivity contribution >= 4 is 28.7 Å². The zero-order valence-corrected chi connectivity index (χ0v) is 16.8. The molecule has 2 aromatic rings. The molecular weight excluding hydrogens is 362 g/mol. The molecule has 0 fully saturated rings. The molecule has 1 aromatic heterocycles. The molecule has 0 saturated carbocycles. The van der Waals surface area contributed by atoms with Crippen LogP contribution in [-0.2, 0) is 27.3 Å². The van der Waals surface area contributed by atoms with Gasteiger partial charge in [-0.1, -0.05) is 44.0 Å². The standard InChI is InChI=1S/C20H27N3O3S/c1-3-5-8-11-25-14-17-10-7-6-9-16(17)13-21-23-20-22-18(15-27-20)12-19(24)26-4-2/h6-7,9-10,13,15H,3-5,8,11-12,14H2,1-2H3,(H,22,23). The minimum atomic E-state index is -0.272. The van der Waals surface area contributed by atoms with E-state index in [-0.39, 0.29) is 12.4 Å². The van der Waals surface area contributed by atoms with Crippen LogP contribution < -0.4 is 5.43 Å². The molecule has 1 heterocycles. The largest absolute Gasteiger partial charge is 0.466 e. The third-order valence-electron chi connectivity index (χ3n) is 3.75. The first-order valence-corrected chi connectivity index (χ1v) is 10.2. The van der Waals surface area contributed by atoms with E-state index in [9.17, 15) is 4.79 Å². The normalized spacial score (nSPS) is 11.0. The highest BCUT2D eigenvalue weighted by atomic mass is 32.1. The molecule has 0 unspecified atom stereocenters. The average molecular weight is 390 g/mol. The van der Waals surface area contributed by atoms with Gasteiger partial charge in [-0.3, -0.25) is 10.2 Å². The van der Waals surface area contributed by atoms with Gasteiger partial charge in [0, 0.05) is 17.6 Å². The molecule has 0 aliphatic heterocycles. The Bertz CT molecular complexity index is 731. The van der Waals surface area contributed by atoms with Gasteiger partial charge in [0.1, 0.15) is 0 Å². The van der Waals surface area contributed by atoms with Gasteiger partial charge in [0.05, 0.1) is 31.5 Å². The maximum Gasteiger partial charge on any atom is 0.311 e. The number of unbranched alkanes of at least 4 members (excludes halogenated alkanes) is 2. The highest BCUT2D eigenvalue weighted by Gasteiger charge is 2.08. The summed E-state index contributed by atoms with van der Waals surface area (Å²) < 4.78 is 10.7. The van der Waals surface area contributed by atoms with Crippen molar-refractivity contribution in [3.63, 3.8) is 0 Å². The zero-order chi connectivity index (χ0) is 19.3. The first kappa shape index (κ1) is 21.1. The van der Waals surface area contributed by atoms with Gasteiger partial charge < -0.3 is 9.47 Å². The van der Waals surface area contributed by atoms with Crippen molar-refractivity contribution in [3.8, 4) is 0 Å². The van der Waals surface area contributed by atoms with E-state index >= 15 is 0 Å². The number of nitrogens with zero attached hydrogens (tertiary/aromatic N) is 2. The smallest absolute Gasteiger partial charge is 0.311 e. The fourth-order valence-corrected chi connectivity index (χ4v) is 3.04. The SMILES string of the molecule is CCCCCOCc1ccccc1C=NNc1nc(CC(=O)OCC)cs1. The molecular formula is C20H27N3O3S. The molecule has 0 aliphatic carbocycles. The Morgan fingerprint density at radius 1 is 1.30 bits per heavy atom. The van der Waals surface area contributed by atoms with Crippen LogP contribution in [0.3, 0.4) is 0 Å². The summed E-state index contributed by atoms with van der Waals surface area (Å²) in [5, 5.41) is 6.72. The molecule has 0 aliphatic rings. The Hall–Kier alpha value is -2.25. The number of hydrogen-bond acceptors (Lipinski definition) is 7. The molecule has 0 spiro atoms. The van der Waals surface area contributed by atoms with Crippen LogP contribution in [-0.4, -0.2) is 30.4 Å². The number of carbonyl (C=O) groups excluding carboxylic acids is 1. The van der Waals surface area contributed by atoms with Crippen LogP contribution in [0.5, 0.6) is 0 Å². The van der Waals surface area contributed by atoms with E-state index in [1.165, 1.54) is 24.2 Å². The molecule has 0 bridgehead atoms. The van der Waals surface area contributed by atoms with Gasteiger partial charge in [0.2, 0.25) is 5.13 Å². The lowest BCUT2D eigenvalue weighted by Gasteiger charge is -2.07. The number of hydrazone groups is 1. The van der Waals surface area contributed by atoms with Crippen LogP contribution in [0.4, 0.5) is 5.13 Å². The number of carbonyl (C=O) groups is 1. The number of aromatic nitrogens is 1. The number of anilines is 1. The monoisotopic (exact) mass is 389 g/mol. The molecule has 0 atom stereocenters. The molecule has 146 valence electrons. The molecule has 2 rings (SSSR count). The summed E-state index contributed by atoms with van der Waals surface area (Å²) in [5.41, 5.74) is 5.69. The van der Waals surface area contributed by atoms with Gasteiger partial charge >= 0.3 is 5.97 Å². The van der Waals surface area contributed by atoms with Crippen molar-refractivity contribution < 1.29 is 14.3 Å². The summed E-state index contributed by atoms with van der Waals surface area (Å²) in [7, 11) is 0. The van der Waals surface area contributed by atoms with Crippen LogP contribution in [0.2, 0.25) is 0 Å². The molecule has 27 heavy (non-hydrogen) atoms. The number of ether oxygens (including phenoxy) is 2. The Kier molecular flexibility index (Phi) is 9.51. The predicted molar refractivity (Wildman–Crippen MR) is 109 cm³/mol. The maximum atomic E-state index is 11.5. The van der Waals surface area contributed by atoms with Crippen LogP contribution in [0.15, 0.2) is 34.7 Å². The summed E-state index contributed by atoms with van der Waals surface area (Å²) >= 11 is 1.40. The molecule has 0 amide bonds. The lowest BCUT2D eigenvalue weighted by Crippen LogP contribution is -2.07. The Morgan fingerprint density at radius 2 is 2.15 bits per heavy atom. The number of rotatable bonds is 12. The van der Waals surface area contributed by atoms with Crippen LogP contribution in [0.25, 0.3) is 0 Å². The van der Waals surface area contributed by atoms with Gasteiger partial charge in [-0.05, 0) is 18.9 Å². The topological polar surface area (TPSA) is 72.8 Å². The number of thiazole rings is 1. The molecule has 6 nitrogen and oxygen atoms in total. The van der Waals surface area contributed by atoms with Gasteiger partial charge in [-0.2, -0.15) is 5.10 Å². The highest BCUT2D eigenvalue weighted by molar-refractivity contribution is 7.13. The second-order valence-electron chi connectivity index (χ2n) is 5.95. The molecule has 1 aromatic carbocycles. The summed E-state index contributed by atoms with van der Waals surface area (Å²) in [4.78, 5) is 15.8. The minimum absolute atomic E-state index is 0.175. The molecule has 1 N–H and O–H groups in total. The third-order valence-corrected chi connectivity index (χ3v) is 4.55. The minimum Gasteiger partial charge on any atom is -0.466 e. The Morgan fingerprint density at radius 3 is 2.96 bits per heavy atom. The Labute approximate surface area is 164 Å². The first-order valence-electron chi connectivity index (χ1n) is 9.27. The van der Waals surface area contributed by atoms with Gasteiger partial charge in [-0.15, -0.1) is 11.3 Å². The van der Waals surface area contributed by atoms with Crippen molar-refractivity contribution in [1.29, 1.82) is 0 Å². The van der Waals surface area contributed by atoms with Crippen LogP contribution in [0, 0.1) is 0 Å². The lowest BCUT2D eigenvalue weighted by molar-refractivity contribution is -0.142. The summed E-state index contributed by atoms with van der Waals surface area (Å²) in [6.45, 7) is 5.70. The third kappa shape index (κ3) is 7.88. The molecule has 0 saturated heterocycles. The molecule has 0 radical (unpaired) electrons. The van der Waals surface area contributed by atoms with Crippen molar-refractivity contribution in [2.24, 2.45) is 5.10 Å². The molecule has 7 heteroatoms. The second-order valence-corrected chi connectivity index (χ2v) is 6.81. The summed E-state index contributed by atoms with van der Waals surface area (Å²) in [5.74, 6) is -0.272. The van der Waals surface area contributed by atoms with Crippen molar-refractivity contribution in [1.82, 2.24) is 4.98 Å². The van der Waals surface area contributed by atoms with E-state index in [1.54, 1.807) is 13.1 Å². The predicted octanol–water partition coefficient (Wildman–Crippen LogP) is 4.40. The summed E-state index contributed by atoms with van der Waals surface area (Å²) in [6.07, 6.45) is 5.41. The Balaban J connectivity index is 1.85. The second kappa shape index (κ2) is 12.2. The number of esters is 1. The zero-order valence-electron chi connectivity index (χ0n) is 15.9. The highest BCUT2D eigenvalue weighted by Crippen LogP contribution is 2.16. The van der Waals surface area contributed by atoms with E-state index in [4.69, 9.17) is 9.47 Å². The first-order chi connectivity index (χ1) is 13.2. The quantitative estimate of drug-likeness (QED) is 0.252. The van der Waals surface area contributed by atoms with E-state index in [0.29, 0.717) is 24.0 Å². The van der Waals surface area contributed by atoms with E-state index in [0.717, 1.165) is 24.2 Å². The number of hydrogen-bond donors (Lipinski definition) is 1. The van der Waals surface area contributed by atoms with E-state index in [2.05, 4.69) is 22.4 Å². The van der Waals surface area contributed by atoms with E-state index < -0.39 is 0 Å². The fourth-order valence-electron chi connectivity index (χ4n) is 2.38. The number of benzene rings is 1. The fraction of sp³-hybridized carbons (Fsp3) is 0.450. The van der Waals surface area contributed by atoms with Crippen molar-refractivity contribution in [2.45, 2.75) is 46.1 Å². The lowest BCUT2D eigenvalue weighted by atomic mass is 10.1.